The fraction of sp³-hybridized carbons (Fsp3) is 0.273. The smallest absolute Gasteiger partial charge is 0.0788 e. The number of nitrogens with zero attached hydrogens (tertiary/aromatic N) is 1. The second-order valence-corrected chi connectivity index (χ2v) is 3.86. The number of hydrogen-bond donors (Lipinski definition) is 1. The molecule has 0 fully saturated rings. The minimum absolute atomic E-state index is 0.0533. The van der Waals surface area contributed by atoms with Gasteiger partial charge in [0, 0.05) is 11.5 Å². The van der Waals surface area contributed by atoms with Crippen LogP contribution in [0.2, 0.25) is 0 Å². The van der Waals surface area contributed by atoms with E-state index in [1.54, 1.807) is 0 Å². The van der Waals surface area contributed by atoms with Crippen molar-refractivity contribution in [2.45, 2.75) is 6.61 Å². The Labute approximate surface area is 92.7 Å². The third-order valence-electron chi connectivity index (χ3n) is 1.93. The lowest BCUT2D eigenvalue weighted by Crippen LogP contribution is -2.17. The maximum atomic E-state index is 8.93. The van der Waals surface area contributed by atoms with Crippen molar-refractivity contribution >= 4 is 21.6 Å². The lowest BCUT2D eigenvalue weighted by molar-refractivity contribution is 0.282. The maximum absolute atomic E-state index is 8.93. The van der Waals surface area contributed by atoms with Crippen LogP contribution in [-0.4, -0.2) is 18.7 Å². The van der Waals surface area contributed by atoms with E-state index in [0.717, 1.165) is 15.7 Å². The Morgan fingerprint density at radius 2 is 2.29 bits per heavy atom. The molecule has 0 aromatic heterocycles. The number of anilines is 1. The number of rotatable bonds is 3. The fourth-order valence-corrected chi connectivity index (χ4v) is 1.91. The largest absolute Gasteiger partial charge is 0.392 e. The van der Waals surface area contributed by atoms with Crippen molar-refractivity contribution in [3.63, 3.8) is 0 Å². The number of hydrogen-bond acceptors (Lipinski definition) is 2. The Morgan fingerprint density at radius 3 is 2.79 bits per heavy atom. The molecule has 2 nitrogen and oxygen atoms in total. The van der Waals surface area contributed by atoms with Crippen molar-refractivity contribution < 1.29 is 5.11 Å². The summed E-state index contributed by atoms with van der Waals surface area (Å²) in [5.74, 6) is 2.58. The van der Waals surface area contributed by atoms with Crippen LogP contribution in [-0.2, 0) is 6.61 Å². The molecule has 0 amide bonds. The van der Waals surface area contributed by atoms with Gasteiger partial charge in [-0.2, -0.15) is 0 Å². The van der Waals surface area contributed by atoms with Gasteiger partial charge in [-0.05, 0) is 33.6 Å². The Hall–Kier alpha value is -0.980. The van der Waals surface area contributed by atoms with Crippen molar-refractivity contribution in [1.82, 2.24) is 0 Å². The molecule has 0 aliphatic heterocycles. The van der Waals surface area contributed by atoms with Gasteiger partial charge < -0.3 is 10.0 Å². The zero-order chi connectivity index (χ0) is 10.6. The quantitative estimate of drug-likeness (QED) is 0.834. The number of terminal acetylenes is 1. The molecule has 1 aromatic rings. The predicted molar refractivity (Wildman–Crippen MR) is 62.2 cm³/mol. The number of halogens is 1. The molecule has 0 bridgehead atoms. The van der Waals surface area contributed by atoms with Crippen molar-refractivity contribution in [2.75, 3.05) is 18.5 Å². The topological polar surface area (TPSA) is 23.5 Å². The highest BCUT2D eigenvalue weighted by molar-refractivity contribution is 9.10. The predicted octanol–water partition coefficient (Wildman–Crippen LogP) is 2.01. The zero-order valence-electron chi connectivity index (χ0n) is 8.00. The monoisotopic (exact) mass is 253 g/mol. The zero-order valence-corrected chi connectivity index (χ0v) is 9.58. The third-order valence-corrected chi connectivity index (χ3v) is 2.57. The van der Waals surface area contributed by atoms with Crippen molar-refractivity contribution in [3.8, 4) is 12.3 Å². The van der Waals surface area contributed by atoms with Gasteiger partial charge in [0.1, 0.15) is 0 Å². The Bertz CT molecular complexity index is 357. The fourth-order valence-electron chi connectivity index (χ4n) is 1.18. The molecular weight excluding hydrogens is 242 g/mol. The average molecular weight is 254 g/mol. The van der Waals surface area contributed by atoms with Gasteiger partial charge in [-0.15, -0.1) is 6.42 Å². The van der Waals surface area contributed by atoms with Gasteiger partial charge in [0.15, 0.2) is 0 Å². The highest BCUT2D eigenvalue weighted by Crippen LogP contribution is 2.26. The molecule has 1 N–H and O–H groups in total. The Kier molecular flexibility index (Phi) is 3.99. The molecule has 0 radical (unpaired) electrons. The van der Waals surface area contributed by atoms with Crippen LogP contribution in [0, 0.1) is 12.3 Å². The normalized spacial score (nSPS) is 9.57. The summed E-state index contributed by atoms with van der Waals surface area (Å²) in [6.45, 7) is 0.620. The summed E-state index contributed by atoms with van der Waals surface area (Å²) in [4.78, 5) is 1.96. The van der Waals surface area contributed by atoms with Gasteiger partial charge in [-0.25, -0.2) is 0 Å². The summed E-state index contributed by atoms with van der Waals surface area (Å²) < 4.78 is 0.946. The van der Waals surface area contributed by atoms with E-state index in [-0.39, 0.29) is 6.61 Å². The van der Waals surface area contributed by atoms with E-state index in [1.807, 2.05) is 30.1 Å². The first kappa shape index (κ1) is 11.1. The molecule has 0 atom stereocenters. The molecule has 3 heteroatoms. The van der Waals surface area contributed by atoms with E-state index in [0.29, 0.717) is 6.54 Å². The van der Waals surface area contributed by atoms with E-state index in [2.05, 4.69) is 21.9 Å². The van der Waals surface area contributed by atoms with E-state index >= 15 is 0 Å². The van der Waals surface area contributed by atoms with Gasteiger partial charge in [0.05, 0.1) is 18.8 Å². The first-order valence-corrected chi connectivity index (χ1v) is 5.02. The van der Waals surface area contributed by atoms with Gasteiger partial charge in [-0.3, -0.25) is 0 Å². The van der Waals surface area contributed by atoms with Crippen molar-refractivity contribution in [1.29, 1.82) is 0 Å². The van der Waals surface area contributed by atoms with Gasteiger partial charge in [-0.1, -0.05) is 12.0 Å². The SMILES string of the molecule is C#CCN(C)c1ccc(CO)cc1Br. The van der Waals surface area contributed by atoms with E-state index < -0.39 is 0 Å². The van der Waals surface area contributed by atoms with Crippen molar-refractivity contribution in [2.24, 2.45) is 0 Å². The standard InChI is InChI=1S/C11H12BrNO/c1-3-6-13(2)11-5-4-9(8-14)7-10(11)12/h1,4-5,7,14H,6,8H2,2H3. The van der Waals surface area contributed by atoms with Crippen LogP contribution in [0.4, 0.5) is 5.69 Å². The Morgan fingerprint density at radius 1 is 1.57 bits per heavy atom. The first-order valence-electron chi connectivity index (χ1n) is 4.23. The number of aliphatic hydroxyl groups is 1. The first-order chi connectivity index (χ1) is 6.69. The summed E-state index contributed by atoms with van der Waals surface area (Å²) in [5, 5.41) is 8.93. The van der Waals surface area contributed by atoms with E-state index in [4.69, 9.17) is 11.5 Å². The number of aliphatic hydroxyl groups excluding tert-OH is 1. The molecule has 0 aliphatic carbocycles. The summed E-state index contributed by atoms with van der Waals surface area (Å²) in [6.07, 6.45) is 5.23. The van der Waals surface area contributed by atoms with Crippen LogP contribution in [0.25, 0.3) is 0 Å². The molecule has 0 unspecified atom stereocenters. The van der Waals surface area contributed by atoms with Crippen LogP contribution >= 0.6 is 15.9 Å². The Balaban J connectivity index is 2.94. The van der Waals surface area contributed by atoms with Crippen LogP contribution in [0.15, 0.2) is 22.7 Å². The molecule has 1 rings (SSSR count). The van der Waals surface area contributed by atoms with Crippen LogP contribution in [0.3, 0.4) is 0 Å². The lowest BCUT2D eigenvalue weighted by Gasteiger charge is -2.18. The van der Waals surface area contributed by atoms with E-state index in [9.17, 15) is 0 Å². The van der Waals surface area contributed by atoms with Crippen LogP contribution in [0.5, 0.6) is 0 Å². The molecule has 0 spiro atoms. The highest BCUT2D eigenvalue weighted by Gasteiger charge is 2.04. The molecule has 14 heavy (non-hydrogen) atoms. The summed E-state index contributed by atoms with van der Waals surface area (Å²) in [7, 11) is 1.93. The summed E-state index contributed by atoms with van der Waals surface area (Å²) >= 11 is 3.44. The number of benzene rings is 1. The highest BCUT2D eigenvalue weighted by atomic mass is 79.9. The molecule has 0 heterocycles. The lowest BCUT2D eigenvalue weighted by atomic mass is 10.2. The van der Waals surface area contributed by atoms with Gasteiger partial charge >= 0.3 is 0 Å². The van der Waals surface area contributed by atoms with Crippen LogP contribution < -0.4 is 4.90 Å². The van der Waals surface area contributed by atoms with Crippen LogP contribution in [0.1, 0.15) is 5.56 Å². The van der Waals surface area contributed by atoms with E-state index in [1.165, 1.54) is 0 Å². The summed E-state index contributed by atoms with van der Waals surface area (Å²) in [5.41, 5.74) is 1.91. The molecule has 74 valence electrons. The molecule has 0 saturated heterocycles. The van der Waals surface area contributed by atoms with Gasteiger partial charge in [0.2, 0.25) is 0 Å². The molecule has 0 aliphatic rings. The minimum Gasteiger partial charge on any atom is -0.392 e. The second-order valence-electron chi connectivity index (χ2n) is 3.00. The minimum atomic E-state index is 0.0533. The second kappa shape index (κ2) is 5.04. The van der Waals surface area contributed by atoms with Crippen molar-refractivity contribution in [3.05, 3.63) is 28.2 Å². The maximum Gasteiger partial charge on any atom is 0.0788 e. The molecular formula is C11H12BrNO. The van der Waals surface area contributed by atoms with Gasteiger partial charge in [0.25, 0.3) is 0 Å². The summed E-state index contributed by atoms with van der Waals surface area (Å²) in [6, 6.07) is 5.71. The third kappa shape index (κ3) is 2.50. The molecule has 0 saturated carbocycles. The average Bonchev–Trinajstić information content (AvgIpc) is 2.17. The molecule has 1 aromatic carbocycles.